The number of nitrogens with two attached hydrogens (primary N) is 1. The number of anilines is 1. The zero-order valence-electron chi connectivity index (χ0n) is 18.5. The van der Waals surface area contributed by atoms with E-state index >= 15 is 0 Å². The van der Waals surface area contributed by atoms with Gasteiger partial charge >= 0.3 is 0 Å². The van der Waals surface area contributed by atoms with Gasteiger partial charge in [-0.3, -0.25) is 9.10 Å². The lowest BCUT2D eigenvalue weighted by molar-refractivity contribution is -0.116. The molecule has 3 aromatic rings. The summed E-state index contributed by atoms with van der Waals surface area (Å²) in [6.45, 7) is -0.777. The molecule has 1 unspecified atom stereocenters. The Morgan fingerprint density at radius 3 is 2.23 bits per heavy atom. The topological polar surface area (TPSA) is 119 Å². The minimum absolute atomic E-state index is 0.0796. The van der Waals surface area contributed by atoms with Crippen molar-refractivity contribution in [1.82, 2.24) is 0 Å². The van der Waals surface area contributed by atoms with Crippen molar-refractivity contribution in [3.8, 4) is 11.5 Å². The molecule has 0 spiro atoms. The smallest absolute Gasteiger partial charge is 0.264 e. The average molecular weight is 543 g/mol. The van der Waals surface area contributed by atoms with Gasteiger partial charge in [-0.05, 0) is 42.5 Å². The zero-order chi connectivity index (χ0) is 25.9. The van der Waals surface area contributed by atoms with Gasteiger partial charge in [-0.15, -0.1) is 0 Å². The van der Waals surface area contributed by atoms with Crippen molar-refractivity contribution in [2.24, 2.45) is 5.73 Å². The van der Waals surface area contributed by atoms with Crippen LogP contribution in [0.1, 0.15) is 17.2 Å². The van der Waals surface area contributed by atoms with E-state index in [1.807, 2.05) is 0 Å². The molecule has 0 saturated carbocycles. The van der Waals surface area contributed by atoms with Gasteiger partial charge in [0.25, 0.3) is 10.0 Å². The Morgan fingerprint density at radius 2 is 1.63 bits per heavy atom. The number of amides is 1. The van der Waals surface area contributed by atoms with E-state index in [0.29, 0.717) is 4.31 Å². The summed E-state index contributed by atoms with van der Waals surface area (Å²) in [6, 6.07) is 11.4. The van der Waals surface area contributed by atoms with Crippen LogP contribution in [0.3, 0.4) is 0 Å². The first-order valence-corrected chi connectivity index (χ1v) is 12.1. The minimum Gasteiger partial charge on any atom is -0.493 e. The molecule has 12 heteroatoms. The van der Waals surface area contributed by atoms with Crippen LogP contribution in [0.25, 0.3) is 0 Å². The van der Waals surface area contributed by atoms with Crippen molar-refractivity contribution in [3.63, 3.8) is 0 Å². The Balaban J connectivity index is 2.21. The highest BCUT2D eigenvalue weighted by Crippen LogP contribution is 2.38. The Labute approximate surface area is 211 Å². The number of halogens is 3. The van der Waals surface area contributed by atoms with Crippen LogP contribution in [-0.4, -0.2) is 40.2 Å². The van der Waals surface area contributed by atoms with Gasteiger partial charge in [-0.1, -0.05) is 29.3 Å². The van der Waals surface area contributed by atoms with Gasteiger partial charge in [0, 0.05) is 27.2 Å². The Kier molecular flexibility index (Phi) is 8.11. The summed E-state index contributed by atoms with van der Waals surface area (Å²) in [7, 11) is -1.72. The number of methoxy groups -OCH3 is 2. The largest absolute Gasteiger partial charge is 0.493 e. The second kappa shape index (κ2) is 10.7. The highest BCUT2D eigenvalue weighted by atomic mass is 35.5. The van der Waals surface area contributed by atoms with Gasteiger partial charge in [-0.25, -0.2) is 12.8 Å². The molecule has 8 nitrogen and oxygen atoms in total. The van der Waals surface area contributed by atoms with Gasteiger partial charge in [0.15, 0.2) is 11.5 Å². The number of benzene rings is 3. The van der Waals surface area contributed by atoms with Crippen LogP contribution in [0.15, 0.2) is 59.5 Å². The molecule has 1 amide bonds. The van der Waals surface area contributed by atoms with Gasteiger partial charge in [-0.2, -0.15) is 0 Å². The van der Waals surface area contributed by atoms with Crippen molar-refractivity contribution in [2.75, 3.05) is 25.1 Å². The first-order chi connectivity index (χ1) is 16.5. The van der Waals surface area contributed by atoms with Crippen LogP contribution in [0.4, 0.5) is 10.1 Å². The zero-order valence-corrected chi connectivity index (χ0v) is 20.9. The molecule has 1 atom stereocenters. The molecule has 0 aliphatic heterocycles. The number of sulfonamides is 1. The molecule has 0 aliphatic carbocycles. The van der Waals surface area contributed by atoms with Crippen LogP contribution >= 0.6 is 23.2 Å². The van der Waals surface area contributed by atoms with Crippen LogP contribution in [0.2, 0.25) is 10.0 Å². The number of aliphatic hydroxyl groups is 1. The fourth-order valence-corrected chi connectivity index (χ4v) is 5.22. The lowest BCUT2D eigenvalue weighted by atomic mass is 9.99. The summed E-state index contributed by atoms with van der Waals surface area (Å²) < 4.78 is 52.9. The number of hydrogen-bond donors (Lipinski definition) is 2. The maximum atomic E-state index is 14.6. The van der Waals surface area contributed by atoms with Crippen molar-refractivity contribution in [1.29, 1.82) is 0 Å². The molecule has 0 aliphatic rings. The van der Waals surface area contributed by atoms with E-state index < -0.39 is 34.4 Å². The molecule has 3 rings (SSSR count). The Hall–Kier alpha value is -3.05. The Morgan fingerprint density at radius 1 is 1.00 bits per heavy atom. The lowest BCUT2D eigenvalue weighted by Crippen LogP contribution is -2.39. The molecule has 0 radical (unpaired) electrons. The van der Waals surface area contributed by atoms with E-state index in [0.717, 1.165) is 6.07 Å². The number of ether oxygens (including phenoxy) is 2. The van der Waals surface area contributed by atoms with E-state index in [-0.39, 0.29) is 43.3 Å². The molecule has 3 N–H and O–H groups in total. The summed E-state index contributed by atoms with van der Waals surface area (Å²) in [5.41, 5.74) is 4.97. The molecular weight excluding hydrogens is 522 g/mol. The quantitative estimate of drug-likeness (QED) is 0.423. The fourth-order valence-electron chi connectivity index (χ4n) is 3.41. The molecule has 3 aromatic carbocycles. The summed E-state index contributed by atoms with van der Waals surface area (Å²) >= 11 is 11.9. The maximum absolute atomic E-state index is 14.6. The number of nitrogens with zero attached hydrogens (tertiary/aromatic N) is 1. The number of hydrogen-bond acceptors (Lipinski definition) is 6. The van der Waals surface area contributed by atoms with Gasteiger partial charge < -0.3 is 20.3 Å². The number of aliphatic hydroxyl groups excluding tert-OH is 1. The van der Waals surface area contributed by atoms with Gasteiger partial charge in [0.1, 0.15) is 18.5 Å². The minimum atomic E-state index is -4.45. The van der Waals surface area contributed by atoms with E-state index in [1.165, 1.54) is 62.8 Å². The monoisotopic (exact) mass is 542 g/mol. The number of carbonyl (C=O) groups excluding carboxylic acids is 1. The number of carbonyl (C=O) groups is 1. The lowest BCUT2D eigenvalue weighted by Gasteiger charge is -2.27. The third-order valence-electron chi connectivity index (χ3n) is 5.05. The van der Waals surface area contributed by atoms with Gasteiger partial charge in [0.2, 0.25) is 5.91 Å². The molecular formula is C23H21Cl2FN2O6S. The maximum Gasteiger partial charge on any atom is 0.264 e. The SMILES string of the molecule is COc1ccc(S(=O)(=O)N(CC(N)=O)c2ccc(Cl)cc2C(O)c2ccc(Cl)cc2F)cc1OC. The van der Waals surface area contributed by atoms with Crippen LogP contribution in [0, 0.1) is 5.82 Å². The van der Waals surface area contributed by atoms with Crippen LogP contribution < -0.4 is 19.5 Å². The Bertz CT molecular complexity index is 1370. The third-order valence-corrected chi connectivity index (χ3v) is 7.28. The first-order valence-electron chi connectivity index (χ1n) is 9.95. The molecule has 0 saturated heterocycles. The van der Waals surface area contributed by atoms with Crippen molar-refractivity contribution >= 4 is 44.8 Å². The predicted molar refractivity (Wildman–Crippen MR) is 130 cm³/mol. The molecule has 186 valence electrons. The van der Waals surface area contributed by atoms with E-state index in [1.54, 1.807) is 0 Å². The molecule has 0 fully saturated rings. The van der Waals surface area contributed by atoms with E-state index in [9.17, 15) is 22.7 Å². The van der Waals surface area contributed by atoms with E-state index in [4.69, 9.17) is 38.4 Å². The second-order valence-corrected chi connectivity index (χ2v) is 10.0. The van der Waals surface area contributed by atoms with Crippen LogP contribution in [-0.2, 0) is 14.8 Å². The molecule has 0 aromatic heterocycles. The third kappa shape index (κ3) is 5.62. The summed E-state index contributed by atoms with van der Waals surface area (Å²) in [4.78, 5) is 11.7. The number of primary amides is 1. The number of rotatable bonds is 9. The standard InChI is InChI=1S/C23H21Cl2FN2O6S/c1-33-20-8-5-15(11-21(20)34-2)35(31,32)28(12-22(27)29)19-7-4-13(24)9-17(19)23(30)16-6-3-14(25)10-18(16)26/h3-11,23,30H,12H2,1-2H3,(H2,27,29). The predicted octanol–water partition coefficient (Wildman–Crippen LogP) is 3.91. The molecule has 35 heavy (non-hydrogen) atoms. The first kappa shape index (κ1) is 26.6. The highest BCUT2D eigenvalue weighted by Gasteiger charge is 2.31. The second-order valence-electron chi connectivity index (χ2n) is 7.27. The summed E-state index contributed by atoms with van der Waals surface area (Å²) in [5.74, 6) is -1.37. The van der Waals surface area contributed by atoms with Crippen molar-refractivity contribution < 1.29 is 32.2 Å². The van der Waals surface area contributed by atoms with Gasteiger partial charge in [0.05, 0.1) is 24.8 Å². The van der Waals surface area contributed by atoms with Crippen molar-refractivity contribution in [3.05, 3.63) is 81.6 Å². The summed E-state index contributed by atoms with van der Waals surface area (Å²) in [6.07, 6.45) is -1.66. The van der Waals surface area contributed by atoms with E-state index in [2.05, 4.69) is 0 Å². The van der Waals surface area contributed by atoms with Crippen LogP contribution in [0.5, 0.6) is 11.5 Å². The molecule has 0 bridgehead atoms. The van der Waals surface area contributed by atoms with Crippen molar-refractivity contribution in [2.45, 2.75) is 11.0 Å². The fraction of sp³-hybridized carbons (Fsp3) is 0.174. The summed E-state index contributed by atoms with van der Waals surface area (Å²) in [5, 5.41) is 11.3. The average Bonchev–Trinajstić information content (AvgIpc) is 2.81. The molecule has 0 heterocycles. The normalized spacial score (nSPS) is 12.2. The highest BCUT2D eigenvalue weighted by molar-refractivity contribution is 7.92.